The van der Waals surface area contributed by atoms with E-state index in [9.17, 15) is 0 Å². The van der Waals surface area contributed by atoms with E-state index >= 15 is 0 Å². The second-order valence-corrected chi connectivity index (χ2v) is 3.10. The number of rotatable bonds is 4. The van der Waals surface area contributed by atoms with Crippen molar-refractivity contribution in [3.63, 3.8) is 0 Å². The van der Waals surface area contributed by atoms with Gasteiger partial charge in [-0.2, -0.15) is 0 Å². The fourth-order valence-electron chi connectivity index (χ4n) is 0.546. The van der Waals surface area contributed by atoms with Crippen molar-refractivity contribution in [2.45, 2.75) is 13.8 Å². The maximum Gasteiger partial charge on any atom is 0.0167 e. The maximum atomic E-state index is 3.09. The van der Waals surface area contributed by atoms with Crippen molar-refractivity contribution < 1.29 is 0 Å². The molecule has 0 aliphatic carbocycles. The highest BCUT2D eigenvalue weighted by Gasteiger charge is 1.83. The van der Waals surface area contributed by atoms with E-state index in [-0.39, 0.29) is 0 Å². The van der Waals surface area contributed by atoms with Crippen LogP contribution in [0.1, 0.15) is 13.8 Å². The molecule has 54 valence electrons. The largest absolute Gasteiger partial charge is 0.316 e. The van der Waals surface area contributed by atoms with E-state index in [0.29, 0.717) is 0 Å². The van der Waals surface area contributed by atoms with Gasteiger partial charge in [-0.15, -0.1) is 11.8 Å². The van der Waals surface area contributed by atoms with E-state index < -0.39 is 0 Å². The summed E-state index contributed by atoms with van der Waals surface area (Å²) in [4.78, 5) is 0. The van der Waals surface area contributed by atoms with Crippen LogP contribution in [0.5, 0.6) is 0 Å². The number of thioether (sulfide) groups is 1. The van der Waals surface area contributed by atoms with E-state index in [1.807, 2.05) is 18.8 Å². The van der Waals surface area contributed by atoms with Crippen LogP contribution in [0.2, 0.25) is 0 Å². The van der Waals surface area contributed by atoms with Crippen LogP contribution in [0.3, 0.4) is 0 Å². The third-order valence-electron chi connectivity index (χ3n) is 0.907. The molecule has 0 aromatic rings. The molecule has 2 heteroatoms. The van der Waals surface area contributed by atoms with Gasteiger partial charge >= 0.3 is 0 Å². The Hall–Kier alpha value is 0.0500. The molecule has 0 atom stereocenters. The summed E-state index contributed by atoms with van der Waals surface area (Å²) in [6, 6.07) is 0. The van der Waals surface area contributed by atoms with Crippen LogP contribution in [0.4, 0.5) is 0 Å². The monoisotopic (exact) mass is 145 g/mol. The number of likely N-dealkylation sites (N-methyl/N-ethyl adjacent to an activating group) is 1. The fraction of sp³-hybridized carbons (Fsp3) is 0.714. The lowest BCUT2D eigenvalue weighted by Gasteiger charge is -1.96. The molecule has 0 aliphatic heterocycles. The second kappa shape index (κ2) is 6.17. The quantitative estimate of drug-likeness (QED) is 0.648. The Morgan fingerprint density at radius 3 is 2.78 bits per heavy atom. The van der Waals surface area contributed by atoms with Crippen LogP contribution >= 0.6 is 11.8 Å². The van der Waals surface area contributed by atoms with Gasteiger partial charge in [0.1, 0.15) is 0 Å². The molecule has 0 saturated carbocycles. The van der Waals surface area contributed by atoms with Gasteiger partial charge in [-0.3, -0.25) is 0 Å². The Labute approximate surface area is 61.9 Å². The summed E-state index contributed by atoms with van der Waals surface area (Å²) in [5, 5.41) is 5.30. The van der Waals surface area contributed by atoms with Gasteiger partial charge in [0.2, 0.25) is 0 Å². The average Bonchev–Trinajstić information content (AvgIpc) is 1.85. The summed E-state index contributed by atoms with van der Waals surface area (Å²) >= 11 is 1.85. The third-order valence-corrected chi connectivity index (χ3v) is 1.81. The van der Waals surface area contributed by atoms with Gasteiger partial charge < -0.3 is 5.32 Å². The van der Waals surface area contributed by atoms with Gasteiger partial charge in [-0.1, -0.05) is 12.5 Å². The van der Waals surface area contributed by atoms with Gasteiger partial charge in [0, 0.05) is 6.54 Å². The fourth-order valence-corrected chi connectivity index (χ4v) is 1.08. The first-order valence-corrected chi connectivity index (χ1v) is 4.28. The first kappa shape index (κ1) is 9.05. The van der Waals surface area contributed by atoms with Crippen LogP contribution < -0.4 is 5.32 Å². The minimum absolute atomic E-state index is 1.01. The van der Waals surface area contributed by atoms with Crippen molar-refractivity contribution in [2.75, 3.05) is 19.3 Å². The van der Waals surface area contributed by atoms with Crippen molar-refractivity contribution >= 4 is 11.8 Å². The Morgan fingerprint density at radius 1 is 1.67 bits per heavy atom. The zero-order chi connectivity index (χ0) is 7.11. The predicted octanol–water partition coefficient (Wildman–Crippen LogP) is 1.86. The van der Waals surface area contributed by atoms with E-state index in [2.05, 4.69) is 24.6 Å². The molecule has 0 fully saturated rings. The second-order valence-electron chi connectivity index (χ2n) is 1.95. The molecule has 0 bridgehead atoms. The van der Waals surface area contributed by atoms with Gasteiger partial charge in [0.15, 0.2) is 0 Å². The molecule has 0 heterocycles. The summed E-state index contributed by atoms with van der Waals surface area (Å²) in [5.41, 5.74) is 1.41. The Morgan fingerprint density at radius 2 is 2.33 bits per heavy atom. The molecule has 1 nitrogen and oxygen atoms in total. The first-order chi connectivity index (χ1) is 4.31. The minimum atomic E-state index is 1.01. The SMILES string of the molecule is CCS/C=C(\C)CNC. The normalized spacial score (nSPS) is 12.1. The zero-order valence-electron chi connectivity index (χ0n) is 6.40. The Kier molecular flexibility index (Phi) is 6.21. The molecule has 0 aliphatic rings. The number of hydrogen-bond donors (Lipinski definition) is 1. The van der Waals surface area contributed by atoms with Gasteiger partial charge in [-0.05, 0) is 25.1 Å². The molecule has 0 radical (unpaired) electrons. The van der Waals surface area contributed by atoms with Gasteiger partial charge in [0.05, 0.1) is 0 Å². The molecule has 0 amide bonds. The summed E-state index contributed by atoms with van der Waals surface area (Å²) in [5.74, 6) is 1.17. The van der Waals surface area contributed by atoms with Crippen LogP contribution in [-0.2, 0) is 0 Å². The topological polar surface area (TPSA) is 12.0 Å². The molecule has 9 heavy (non-hydrogen) atoms. The molecule has 0 aromatic heterocycles. The summed E-state index contributed by atoms with van der Waals surface area (Å²) in [7, 11) is 1.97. The third kappa shape index (κ3) is 5.93. The molecule has 0 rings (SSSR count). The molecule has 0 saturated heterocycles. The average molecular weight is 145 g/mol. The Balaban J connectivity index is 3.30. The lowest BCUT2D eigenvalue weighted by Crippen LogP contribution is -2.07. The van der Waals surface area contributed by atoms with Crippen LogP contribution in [0, 0.1) is 0 Å². The van der Waals surface area contributed by atoms with Crippen molar-refractivity contribution in [2.24, 2.45) is 0 Å². The summed E-state index contributed by atoms with van der Waals surface area (Å²) < 4.78 is 0. The van der Waals surface area contributed by atoms with Gasteiger partial charge in [-0.25, -0.2) is 0 Å². The van der Waals surface area contributed by atoms with Crippen molar-refractivity contribution in [3.05, 3.63) is 11.0 Å². The van der Waals surface area contributed by atoms with E-state index in [4.69, 9.17) is 0 Å². The summed E-state index contributed by atoms with van der Waals surface area (Å²) in [6.45, 7) is 5.31. The molecular formula is C7H15NS. The predicted molar refractivity (Wildman–Crippen MR) is 45.8 cm³/mol. The van der Waals surface area contributed by atoms with E-state index in [1.54, 1.807) is 0 Å². The minimum Gasteiger partial charge on any atom is -0.316 e. The lowest BCUT2D eigenvalue weighted by atomic mass is 10.4. The molecule has 0 aromatic carbocycles. The van der Waals surface area contributed by atoms with E-state index in [1.165, 1.54) is 11.3 Å². The Bertz CT molecular complexity index is 88.9. The van der Waals surface area contributed by atoms with Crippen LogP contribution in [0.25, 0.3) is 0 Å². The number of hydrogen-bond acceptors (Lipinski definition) is 2. The smallest absolute Gasteiger partial charge is 0.0167 e. The standard InChI is InChI=1S/C7H15NS/c1-4-9-6-7(2)5-8-3/h6,8H,4-5H2,1-3H3/b7-6+. The highest BCUT2D eigenvalue weighted by Crippen LogP contribution is 2.04. The van der Waals surface area contributed by atoms with Gasteiger partial charge in [0.25, 0.3) is 0 Å². The summed E-state index contributed by atoms with van der Waals surface area (Å²) in [6.07, 6.45) is 0. The van der Waals surface area contributed by atoms with E-state index in [0.717, 1.165) is 6.54 Å². The van der Waals surface area contributed by atoms with Crippen LogP contribution in [0.15, 0.2) is 11.0 Å². The number of nitrogens with one attached hydrogen (secondary N) is 1. The maximum absolute atomic E-state index is 3.09. The molecule has 0 unspecified atom stereocenters. The van der Waals surface area contributed by atoms with Crippen molar-refractivity contribution in [1.29, 1.82) is 0 Å². The lowest BCUT2D eigenvalue weighted by molar-refractivity contribution is 0.882. The highest BCUT2D eigenvalue weighted by molar-refractivity contribution is 8.02. The molecule has 1 N–H and O–H groups in total. The molecule has 0 spiro atoms. The van der Waals surface area contributed by atoms with Crippen LogP contribution in [-0.4, -0.2) is 19.3 Å². The first-order valence-electron chi connectivity index (χ1n) is 3.23. The highest BCUT2D eigenvalue weighted by atomic mass is 32.2. The van der Waals surface area contributed by atoms with Crippen molar-refractivity contribution in [3.8, 4) is 0 Å². The van der Waals surface area contributed by atoms with Crippen molar-refractivity contribution in [1.82, 2.24) is 5.32 Å². The zero-order valence-corrected chi connectivity index (χ0v) is 7.22. The molecular weight excluding hydrogens is 130 g/mol.